The Balaban J connectivity index is 2.26. The average Bonchev–Trinajstić information content (AvgIpc) is 2.30. The molecule has 3 nitrogen and oxygen atoms in total. The summed E-state index contributed by atoms with van der Waals surface area (Å²) in [6.07, 6.45) is 2.51. The summed E-state index contributed by atoms with van der Waals surface area (Å²) in [6, 6.07) is 0. The first-order chi connectivity index (χ1) is 7.61. The summed E-state index contributed by atoms with van der Waals surface area (Å²) in [5.74, 6) is 2.71. The number of thioether (sulfide) groups is 2. The minimum Gasteiger partial charge on any atom is -0.481 e. The summed E-state index contributed by atoms with van der Waals surface area (Å²) in [4.78, 5) is 11.6. The van der Waals surface area contributed by atoms with Crippen LogP contribution in [0.4, 0.5) is 0 Å². The Kier molecular flexibility index (Phi) is 3.76. The fourth-order valence-electron chi connectivity index (χ4n) is 2.79. The van der Waals surface area contributed by atoms with Crippen molar-refractivity contribution in [2.24, 2.45) is 5.41 Å². The molecule has 5 heteroatoms. The van der Waals surface area contributed by atoms with E-state index >= 15 is 0 Å². The lowest BCUT2D eigenvalue weighted by Gasteiger charge is -2.48. The SMILES string of the molecule is O=C(O)C1(C2(O)CCSCC2)CCSCC1. The van der Waals surface area contributed by atoms with E-state index in [2.05, 4.69) is 0 Å². The van der Waals surface area contributed by atoms with Crippen molar-refractivity contribution in [3.63, 3.8) is 0 Å². The molecule has 0 atom stereocenters. The highest BCUT2D eigenvalue weighted by Gasteiger charge is 2.56. The zero-order chi connectivity index (χ0) is 11.6. The van der Waals surface area contributed by atoms with E-state index in [1.807, 2.05) is 11.8 Å². The monoisotopic (exact) mass is 262 g/mol. The first-order valence-electron chi connectivity index (χ1n) is 5.72. The molecule has 2 aliphatic heterocycles. The molecule has 2 fully saturated rings. The van der Waals surface area contributed by atoms with Gasteiger partial charge >= 0.3 is 5.97 Å². The van der Waals surface area contributed by atoms with Crippen molar-refractivity contribution in [2.45, 2.75) is 31.3 Å². The molecular formula is C11H18O3S2. The van der Waals surface area contributed by atoms with E-state index in [9.17, 15) is 15.0 Å². The maximum atomic E-state index is 11.6. The maximum absolute atomic E-state index is 11.6. The first kappa shape index (κ1) is 12.6. The molecule has 0 unspecified atom stereocenters. The van der Waals surface area contributed by atoms with Gasteiger partial charge < -0.3 is 10.2 Å². The highest BCUT2D eigenvalue weighted by atomic mass is 32.2. The highest BCUT2D eigenvalue weighted by Crippen LogP contribution is 2.49. The molecule has 0 aromatic heterocycles. The van der Waals surface area contributed by atoms with E-state index < -0.39 is 17.0 Å². The van der Waals surface area contributed by atoms with Gasteiger partial charge in [-0.3, -0.25) is 4.79 Å². The van der Waals surface area contributed by atoms with Gasteiger partial charge in [0.1, 0.15) is 0 Å². The summed E-state index contributed by atoms with van der Waals surface area (Å²) in [6.45, 7) is 0. The van der Waals surface area contributed by atoms with Crippen LogP contribution in [0.5, 0.6) is 0 Å². The first-order valence-corrected chi connectivity index (χ1v) is 8.03. The third-order valence-electron chi connectivity index (χ3n) is 3.97. The topological polar surface area (TPSA) is 57.5 Å². The number of rotatable bonds is 2. The zero-order valence-corrected chi connectivity index (χ0v) is 10.9. The number of carboxylic acid groups (broad SMARTS) is 1. The Bertz CT molecular complexity index is 268. The van der Waals surface area contributed by atoms with E-state index in [-0.39, 0.29) is 0 Å². The van der Waals surface area contributed by atoms with Gasteiger partial charge in [0.05, 0.1) is 11.0 Å². The second-order valence-corrected chi connectivity index (χ2v) is 7.09. The van der Waals surface area contributed by atoms with E-state index in [0.717, 1.165) is 23.0 Å². The van der Waals surface area contributed by atoms with Crippen LogP contribution >= 0.6 is 23.5 Å². The third kappa shape index (κ3) is 1.97. The van der Waals surface area contributed by atoms with Crippen LogP contribution in [0.15, 0.2) is 0 Å². The van der Waals surface area contributed by atoms with Gasteiger partial charge in [-0.2, -0.15) is 23.5 Å². The second-order valence-electron chi connectivity index (χ2n) is 4.64. The van der Waals surface area contributed by atoms with Gasteiger partial charge in [0.15, 0.2) is 0 Å². The molecule has 0 aliphatic carbocycles. The van der Waals surface area contributed by atoms with Crippen molar-refractivity contribution < 1.29 is 15.0 Å². The fourth-order valence-corrected chi connectivity index (χ4v) is 5.14. The smallest absolute Gasteiger partial charge is 0.312 e. The largest absolute Gasteiger partial charge is 0.481 e. The van der Waals surface area contributed by atoms with Gasteiger partial charge in [-0.1, -0.05) is 0 Å². The standard InChI is InChI=1S/C11H18O3S2/c12-9(13)10(1-5-15-6-2-10)11(14)3-7-16-8-4-11/h14H,1-8H2,(H,12,13). The highest BCUT2D eigenvalue weighted by molar-refractivity contribution is 7.99. The Morgan fingerprint density at radius 1 is 0.938 bits per heavy atom. The Labute approximate surface area is 104 Å². The minimum absolute atomic E-state index is 0.619. The Morgan fingerprint density at radius 3 is 1.81 bits per heavy atom. The van der Waals surface area contributed by atoms with Gasteiger partial charge in [-0.15, -0.1) is 0 Å². The number of carbonyl (C=O) groups is 1. The second kappa shape index (κ2) is 4.78. The van der Waals surface area contributed by atoms with Gasteiger partial charge in [0.25, 0.3) is 0 Å². The molecule has 0 aromatic rings. The molecule has 0 amide bonds. The molecule has 2 aliphatic rings. The summed E-state index contributed by atoms with van der Waals surface area (Å²) in [7, 11) is 0. The van der Waals surface area contributed by atoms with Crippen LogP contribution < -0.4 is 0 Å². The van der Waals surface area contributed by atoms with Gasteiger partial charge in [0, 0.05) is 0 Å². The summed E-state index contributed by atoms with van der Waals surface area (Å²) in [5.41, 5.74) is -1.84. The zero-order valence-electron chi connectivity index (χ0n) is 9.28. The van der Waals surface area contributed by atoms with E-state index in [1.54, 1.807) is 11.8 Å². The summed E-state index contributed by atoms with van der Waals surface area (Å²) in [5, 5.41) is 20.2. The minimum atomic E-state index is -0.967. The predicted molar refractivity (Wildman–Crippen MR) is 68.1 cm³/mol. The van der Waals surface area contributed by atoms with Crippen molar-refractivity contribution in [3.8, 4) is 0 Å². The van der Waals surface area contributed by atoms with Crippen LogP contribution in [0.3, 0.4) is 0 Å². The average molecular weight is 262 g/mol. The van der Waals surface area contributed by atoms with E-state index in [4.69, 9.17) is 0 Å². The molecule has 2 rings (SSSR count). The Hall–Kier alpha value is 0.130. The lowest BCUT2D eigenvalue weighted by molar-refractivity contribution is -0.172. The molecule has 0 aromatic carbocycles. The van der Waals surface area contributed by atoms with Crippen molar-refractivity contribution in [2.75, 3.05) is 23.0 Å². The predicted octanol–water partition coefficient (Wildman–Crippen LogP) is 1.84. The van der Waals surface area contributed by atoms with Gasteiger partial charge in [-0.25, -0.2) is 0 Å². The molecule has 0 saturated carbocycles. The van der Waals surface area contributed by atoms with Crippen molar-refractivity contribution in [1.82, 2.24) is 0 Å². The van der Waals surface area contributed by atoms with E-state index in [1.165, 1.54) is 0 Å². The number of carboxylic acids is 1. The third-order valence-corrected chi connectivity index (χ3v) is 5.94. The van der Waals surface area contributed by atoms with Crippen LogP contribution in [-0.2, 0) is 4.79 Å². The molecule has 0 radical (unpaired) electrons. The van der Waals surface area contributed by atoms with Crippen LogP contribution in [0.25, 0.3) is 0 Å². The number of aliphatic hydroxyl groups is 1. The van der Waals surface area contributed by atoms with Gasteiger partial charge in [-0.05, 0) is 48.7 Å². The molecule has 16 heavy (non-hydrogen) atoms. The molecular weight excluding hydrogens is 244 g/mol. The number of hydrogen-bond acceptors (Lipinski definition) is 4. The van der Waals surface area contributed by atoms with Gasteiger partial charge in [0.2, 0.25) is 0 Å². The molecule has 0 spiro atoms. The van der Waals surface area contributed by atoms with Crippen molar-refractivity contribution in [3.05, 3.63) is 0 Å². The maximum Gasteiger partial charge on any atom is 0.312 e. The van der Waals surface area contributed by atoms with Crippen LogP contribution in [-0.4, -0.2) is 44.8 Å². The molecule has 2 N–H and O–H groups in total. The molecule has 2 heterocycles. The number of aliphatic carboxylic acids is 1. The van der Waals surface area contributed by atoms with Crippen molar-refractivity contribution >= 4 is 29.5 Å². The summed E-state index contributed by atoms with van der Waals surface area (Å²) < 4.78 is 0. The molecule has 0 bridgehead atoms. The lowest BCUT2D eigenvalue weighted by atomic mass is 9.65. The quantitative estimate of drug-likeness (QED) is 0.795. The normalized spacial score (nSPS) is 28.6. The van der Waals surface area contributed by atoms with Crippen LogP contribution in [0, 0.1) is 5.41 Å². The van der Waals surface area contributed by atoms with E-state index in [0.29, 0.717) is 25.7 Å². The van der Waals surface area contributed by atoms with Crippen LogP contribution in [0.1, 0.15) is 25.7 Å². The molecule has 2 saturated heterocycles. The van der Waals surface area contributed by atoms with Crippen LogP contribution in [0.2, 0.25) is 0 Å². The Morgan fingerprint density at radius 2 is 1.38 bits per heavy atom. The fraction of sp³-hybridized carbons (Fsp3) is 0.909. The molecule has 92 valence electrons. The number of hydrogen-bond donors (Lipinski definition) is 2. The summed E-state index contributed by atoms with van der Waals surface area (Å²) >= 11 is 3.61. The lowest BCUT2D eigenvalue weighted by Crippen LogP contribution is -2.56. The van der Waals surface area contributed by atoms with Crippen molar-refractivity contribution in [1.29, 1.82) is 0 Å².